The molecule has 0 atom stereocenters. The van der Waals surface area contributed by atoms with E-state index in [1.165, 1.54) is 5.57 Å². The standard InChI is InChI=1S/C10H17NO/c1-7(2)11-6-5-8(3)9(4)10(11)12/h7H,5-6H2,1-4H3. The Hall–Kier alpha value is -0.790. The van der Waals surface area contributed by atoms with Crippen molar-refractivity contribution in [2.75, 3.05) is 6.54 Å². The number of rotatable bonds is 1. The Morgan fingerprint density at radius 1 is 1.33 bits per heavy atom. The van der Waals surface area contributed by atoms with Gasteiger partial charge >= 0.3 is 0 Å². The fourth-order valence-corrected chi connectivity index (χ4v) is 1.47. The van der Waals surface area contributed by atoms with Gasteiger partial charge in [-0.05, 0) is 34.1 Å². The van der Waals surface area contributed by atoms with Crippen LogP contribution in [0.2, 0.25) is 0 Å². The third-order valence-electron chi connectivity index (χ3n) is 2.57. The highest BCUT2D eigenvalue weighted by molar-refractivity contribution is 5.94. The van der Waals surface area contributed by atoms with Crippen molar-refractivity contribution in [3.05, 3.63) is 11.1 Å². The summed E-state index contributed by atoms with van der Waals surface area (Å²) in [6.07, 6.45) is 1.04. The summed E-state index contributed by atoms with van der Waals surface area (Å²) >= 11 is 0. The number of hydrogen-bond donors (Lipinski definition) is 0. The molecule has 68 valence electrons. The van der Waals surface area contributed by atoms with Crippen LogP contribution in [0.15, 0.2) is 11.1 Å². The smallest absolute Gasteiger partial charge is 0.249 e. The first-order valence-electron chi connectivity index (χ1n) is 4.51. The molecule has 0 spiro atoms. The quantitative estimate of drug-likeness (QED) is 0.584. The van der Waals surface area contributed by atoms with E-state index in [0.717, 1.165) is 18.5 Å². The van der Waals surface area contributed by atoms with Crippen molar-refractivity contribution in [3.63, 3.8) is 0 Å². The van der Waals surface area contributed by atoms with Crippen LogP contribution in [0.3, 0.4) is 0 Å². The second-order valence-corrected chi connectivity index (χ2v) is 3.75. The van der Waals surface area contributed by atoms with E-state index in [2.05, 4.69) is 13.8 Å². The van der Waals surface area contributed by atoms with Crippen molar-refractivity contribution < 1.29 is 4.79 Å². The summed E-state index contributed by atoms with van der Waals surface area (Å²) in [5.74, 6) is 0.216. The van der Waals surface area contributed by atoms with Crippen molar-refractivity contribution in [2.45, 2.75) is 40.2 Å². The lowest BCUT2D eigenvalue weighted by atomic mass is 10.0. The van der Waals surface area contributed by atoms with Gasteiger partial charge in [0, 0.05) is 18.2 Å². The molecule has 0 saturated carbocycles. The molecule has 2 nitrogen and oxygen atoms in total. The fourth-order valence-electron chi connectivity index (χ4n) is 1.47. The molecule has 0 aromatic heterocycles. The highest BCUT2D eigenvalue weighted by atomic mass is 16.2. The molecule has 0 N–H and O–H groups in total. The summed E-state index contributed by atoms with van der Waals surface area (Å²) in [5.41, 5.74) is 2.19. The van der Waals surface area contributed by atoms with Gasteiger partial charge in [-0.1, -0.05) is 5.57 Å². The van der Waals surface area contributed by atoms with Crippen LogP contribution in [0.25, 0.3) is 0 Å². The maximum Gasteiger partial charge on any atom is 0.249 e. The number of amides is 1. The van der Waals surface area contributed by atoms with Crippen molar-refractivity contribution in [1.82, 2.24) is 4.90 Å². The highest BCUT2D eigenvalue weighted by Gasteiger charge is 2.23. The molecule has 1 heterocycles. The van der Waals surface area contributed by atoms with E-state index >= 15 is 0 Å². The molecule has 1 aliphatic rings. The number of carbonyl (C=O) groups excluding carboxylic acids is 1. The van der Waals surface area contributed by atoms with Crippen LogP contribution in [0.5, 0.6) is 0 Å². The Morgan fingerprint density at radius 2 is 1.92 bits per heavy atom. The van der Waals surface area contributed by atoms with Gasteiger partial charge in [0.25, 0.3) is 0 Å². The van der Waals surface area contributed by atoms with Crippen LogP contribution in [-0.4, -0.2) is 23.4 Å². The maximum absolute atomic E-state index is 11.6. The molecule has 0 aromatic rings. The van der Waals surface area contributed by atoms with E-state index < -0.39 is 0 Å². The van der Waals surface area contributed by atoms with Crippen LogP contribution in [0, 0.1) is 0 Å². The van der Waals surface area contributed by atoms with Crippen LogP contribution in [-0.2, 0) is 4.79 Å². The van der Waals surface area contributed by atoms with E-state index in [9.17, 15) is 4.79 Å². The molecule has 0 unspecified atom stereocenters. The molecule has 1 amide bonds. The lowest BCUT2D eigenvalue weighted by molar-refractivity contribution is -0.129. The molecule has 2 heteroatoms. The molecule has 0 aromatic carbocycles. The Morgan fingerprint density at radius 3 is 2.42 bits per heavy atom. The zero-order chi connectivity index (χ0) is 9.30. The van der Waals surface area contributed by atoms with E-state index in [1.807, 2.05) is 18.7 Å². The molecule has 0 aliphatic carbocycles. The minimum absolute atomic E-state index is 0.216. The molecular weight excluding hydrogens is 150 g/mol. The molecule has 1 rings (SSSR count). The molecule has 1 aliphatic heterocycles. The summed E-state index contributed by atoms with van der Waals surface area (Å²) in [6, 6.07) is 0.334. The maximum atomic E-state index is 11.6. The van der Waals surface area contributed by atoms with Gasteiger partial charge in [0.1, 0.15) is 0 Å². The molecule has 0 saturated heterocycles. The van der Waals surface area contributed by atoms with E-state index in [1.54, 1.807) is 0 Å². The molecule has 0 radical (unpaired) electrons. The van der Waals surface area contributed by atoms with Crippen LogP contribution < -0.4 is 0 Å². The van der Waals surface area contributed by atoms with E-state index in [4.69, 9.17) is 0 Å². The summed E-state index contributed by atoms with van der Waals surface area (Å²) in [7, 11) is 0. The Balaban J connectivity index is 2.84. The lowest BCUT2D eigenvalue weighted by Crippen LogP contribution is -2.41. The first-order chi connectivity index (χ1) is 5.54. The van der Waals surface area contributed by atoms with Crippen LogP contribution >= 0.6 is 0 Å². The van der Waals surface area contributed by atoms with Crippen LogP contribution in [0.1, 0.15) is 34.1 Å². The van der Waals surface area contributed by atoms with Gasteiger partial charge in [-0.3, -0.25) is 4.79 Å². The van der Waals surface area contributed by atoms with E-state index in [0.29, 0.717) is 6.04 Å². The van der Waals surface area contributed by atoms with Crippen molar-refractivity contribution in [3.8, 4) is 0 Å². The summed E-state index contributed by atoms with van der Waals surface area (Å²) in [4.78, 5) is 13.6. The molecule has 12 heavy (non-hydrogen) atoms. The zero-order valence-corrected chi connectivity index (χ0v) is 8.35. The minimum atomic E-state index is 0.216. The molecular formula is C10H17NO. The van der Waals surface area contributed by atoms with Crippen LogP contribution in [0.4, 0.5) is 0 Å². The fraction of sp³-hybridized carbons (Fsp3) is 0.700. The summed E-state index contributed by atoms with van der Waals surface area (Å²) in [6.45, 7) is 8.98. The third-order valence-corrected chi connectivity index (χ3v) is 2.57. The average molecular weight is 167 g/mol. The lowest BCUT2D eigenvalue weighted by Gasteiger charge is -2.31. The Kier molecular flexibility index (Phi) is 2.55. The van der Waals surface area contributed by atoms with Gasteiger partial charge < -0.3 is 4.90 Å². The molecule has 0 fully saturated rings. The first-order valence-corrected chi connectivity index (χ1v) is 4.51. The minimum Gasteiger partial charge on any atom is -0.336 e. The number of hydrogen-bond acceptors (Lipinski definition) is 1. The van der Waals surface area contributed by atoms with Gasteiger partial charge in [-0.2, -0.15) is 0 Å². The summed E-state index contributed by atoms with van der Waals surface area (Å²) in [5, 5.41) is 0. The van der Waals surface area contributed by atoms with Gasteiger partial charge in [-0.15, -0.1) is 0 Å². The number of carbonyl (C=O) groups is 1. The van der Waals surface area contributed by atoms with Gasteiger partial charge in [-0.25, -0.2) is 0 Å². The summed E-state index contributed by atoms with van der Waals surface area (Å²) < 4.78 is 0. The zero-order valence-electron chi connectivity index (χ0n) is 8.35. The van der Waals surface area contributed by atoms with Crippen molar-refractivity contribution in [2.24, 2.45) is 0 Å². The highest BCUT2D eigenvalue weighted by Crippen LogP contribution is 2.19. The predicted molar refractivity (Wildman–Crippen MR) is 49.8 cm³/mol. The van der Waals surface area contributed by atoms with Gasteiger partial charge in [0.2, 0.25) is 5.91 Å². The number of nitrogens with zero attached hydrogens (tertiary/aromatic N) is 1. The SMILES string of the molecule is CC1=C(C)C(=O)N(C(C)C)CC1. The second-order valence-electron chi connectivity index (χ2n) is 3.75. The Bertz CT molecular complexity index is 228. The second kappa shape index (κ2) is 3.30. The monoisotopic (exact) mass is 167 g/mol. The largest absolute Gasteiger partial charge is 0.336 e. The topological polar surface area (TPSA) is 20.3 Å². The average Bonchev–Trinajstić information content (AvgIpc) is 2.00. The van der Waals surface area contributed by atoms with Gasteiger partial charge in [0.05, 0.1) is 0 Å². The first kappa shape index (κ1) is 9.30. The normalized spacial score (nSPS) is 19.4. The van der Waals surface area contributed by atoms with E-state index in [-0.39, 0.29) is 5.91 Å². The molecule has 0 bridgehead atoms. The van der Waals surface area contributed by atoms with Crippen molar-refractivity contribution >= 4 is 5.91 Å². The van der Waals surface area contributed by atoms with Gasteiger partial charge in [0.15, 0.2) is 0 Å². The third kappa shape index (κ3) is 1.52. The van der Waals surface area contributed by atoms with Crippen molar-refractivity contribution in [1.29, 1.82) is 0 Å². The predicted octanol–water partition coefficient (Wildman–Crippen LogP) is 1.96. The Labute approximate surface area is 74.2 Å².